The first kappa shape index (κ1) is 14.7. The SMILES string of the molecule is N[C@H]1c2ccccc2C[C@@H]1NC(=O)c1cnn(-c2ccccc2)c1. The fourth-order valence-electron chi connectivity index (χ4n) is 3.18. The second-order valence-electron chi connectivity index (χ2n) is 6.02. The van der Waals surface area contributed by atoms with Crippen LogP contribution in [0.3, 0.4) is 0 Å². The summed E-state index contributed by atoms with van der Waals surface area (Å²) < 4.78 is 1.69. The third-order valence-corrected chi connectivity index (χ3v) is 4.47. The van der Waals surface area contributed by atoms with Crippen LogP contribution in [0.2, 0.25) is 0 Å². The molecule has 0 bridgehead atoms. The Kier molecular flexibility index (Phi) is 3.63. The molecule has 5 heteroatoms. The predicted molar refractivity (Wildman–Crippen MR) is 91.9 cm³/mol. The number of benzene rings is 2. The van der Waals surface area contributed by atoms with Crippen LogP contribution in [0.25, 0.3) is 5.69 Å². The summed E-state index contributed by atoms with van der Waals surface area (Å²) in [6.45, 7) is 0. The van der Waals surface area contributed by atoms with Gasteiger partial charge in [0.15, 0.2) is 0 Å². The largest absolute Gasteiger partial charge is 0.347 e. The van der Waals surface area contributed by atoms with E-state index in [-0.39, 0.29) is 18.0 Å². The fourth-order valence-corrected chi connectivity index (χ4v) is 3.18. The summed E-state index contributed by atoms with van der Waals surface area (Å²) in [5.41, 5.74) is 10.0. The number of fused-ring (bicyclic) bond motifs is 1. The van der Waals surface area contributed by atoms with Gasteiger partial charge in [0.25, 0.3) is 5.91 Å². The second kappa shape index (κ2) is 5.94. The van der Waals surface area contributed by atoms with E-state index in [2.05, 4.69) is 16.5 Å². The van der Waals surface area contributed by atoms with Gasteiger partial charge in [-0.1, -0.05) is 42.5 Å². The van der Waals surface area contributed by atoms with Gasteiger partial charge in [0.2, 0.25) is 0 Å². The van der Waals surface area contributed by atoms with Crippen LogP contribution >= 0.6 is 0 Å². The minimum Gasteiger partial charge on any atom is -0.347 e. The molecule has 0 saturated carbocycles. The number of para-hydroxylation sites is 1. The molecule has 1 amide bonds. The molecule has 5 nitrogen and oxygen atoms in total. The molecule has 4 rings (SSSR count). The molecule has 0 unspecified atom stereocenters. The highest BCUT2D eigenvalue weighted by Gasteiger charge is 2.30. The summed E-state index contributed by atoms with van der Waals surface area (Å²) in [6, 6.07) is 17.5. The molecule has 1 heterocycles. The maximum Gasteiger partial charge on any atom is 0.254 e. The van der Waals surface area contributed by atoms with Gasteiger partial charge in [0, 0.05) is 6.20 Å². The van der Waals surface area contributed by atoms with Crippen molar-refractivity contribution in [2.24, 2.45) is 5.73 Å². The number of nitrogens with two attached hydrogens (primary N) is 1. The Balaban J connectivity index is 1.49. The van der Waals surface area contributed by atoms with Gasteiger partial charge >= 0.3 is 0 Å². The smallest absolute Gasteiger partial charge is 0.254 e. The van der Waals surface area contributed by atoms with Gasteiger partial charge in [-0.3, -0.25) is 4.79 Å². The number of hydrogen-bond acceptors (Lipinski definition) is 3. The van der Waals surface area contributed by atoms with Crippen molar-refractivity contribution in [2.75, 3.05) is 0 Å². The highest BCUT2D eigenvalue weighted by molar-refractivity contribution is 5.94. The Morgan fingerprint density at radius 1 is 1.12 bits per heavy atom. The zero-order chi connectivity index (χ0) is 16.5. The Hall–Kier alpha value is -2.92. The van der Waals surface area contributed by atoms with E-state index in [9.17, 15) is 4.79 Å². The molecule has 0 aliphatic heterocycles. The molecular weight excluding hydrogens is 300 g/mol. The number of carbonyl (C=O) groups is 1. The third kappa shape index (κ3) is 2.59. The zero-order valence-electron chi connectivity index (χ0n) is 13.1. The van der Waals surface area contributed by atoms with Crippen molar-refractivity contribution in [3.8, 4) is 5.69 Å². The van der Waals surface area contributed by atoms with E-state index in [0.29, 0.717) is 5.56 Å². The number of amides is 1. The van der Waals surface area contributed by atoms with E-state index >= 15 is 0 Å². The highest BCUT2D eigenvalue weighted by Crippen LogP contribution is 2.29. The molecular formula is C19H18N4O. The molecule has 3 aromatic rings. The number of nitrogens with one attached hydrogen (secondary N) is 1. The molecule has 2 aromatic carbocycles. The van der Waals surface area contributed by atoms with Crippen LogP contribution in [0.1, 0.15) is 27.5 Å². The molecule has 0 spiro atoms. The first-order valence-electron chi connectivity index (χ1n) is 7.97. The number of aromatic nitrogens is 2. The molecule has 2 atom stereocenters. The maximum absolute atomic E-state index is 12.5. The second-order valence-corrected chi connectivity index (χ2v) is 6.02. The van der Waals surface area contributed by atoms with Gasteiger partial charge in [0.05, 0.1) is 29.5 Å². The lowest BCUT2D eigenvalue weighted by Gasteiger charge is -2.17. The summed E-state index contributed by atoms with van der Waals surface area (Å²) in [5, 5.41) is 7.30. The Morgan fingerprint density at radius 3 is 2.67 bits per heavy atom. The van der Waals surface area contributed by atoms with Crippen LogP contribution < -0.4 is 11.1 Å². The fraction of sp³-hybridized carbons (Fsp3) is 0.158. The lowest BCUT2D eigenvalue weighted by Crippen LogP contribution is -2.40. The topological polar surface area (TPSA) is 72.9 Å². The van der Waals surface area contributed by atoms with Gasteiger partial charge in [-0.25, -0.2) is 4.68 Å². The van der Waals surface area contributed by atoms with Crippen LogP contribution in [0.4, 0.5) is 0 Å². The minimum absolute atomic E-state index is 0.0880. The minimum atomic E-state index is -0.172. The molecule has 3 N–H and O–H groups in total. The van der Waals surface area contributed by atoms with Crippen LogP contribution in [0.15, 0.2) is 67.0 Å². The molecule has 24 heavy (non-hydrogen) atoms. The van der Waals surface area contributed by atoms with E-state index in [1.54, 1.807) is 17.1 Å². The summed E-state index contributed by atoms with van der Waals surface area (Å²) in [6.07, 6.45) is 4.07. The van der Waals surface area contributed by atoms with Crippen LogP contribution in [0, 0.1) is 0 Å². The van der Waals surface area contributed by atoms with Crippen molar-refractivity contribution in [2.45, 2.75) is 18.5 Å². The third-order valence-electron chi connectivity index (χ3n) is 4.47. The van der Waals surface area contributed by atoms with Crippen molar-refractivity contribution in [1.82, 2.24) is 15.1 Å². The van der Waals surface area contributed by atoms with Gasteiger partial charge < -0.3 is 11.1 Å². The van der Waals surface area contributed by atoms with E-state index < -0.39 is 0 Å². The average Bonchev–Trinajstić information content (AvgIpc) is 3.22. The Labute approximate surface area is 140 Å². The highest BCUT2D eigenvalue weighted by atomic mass is 16.1. The van der Waals surface area contributed by atoms with E-state index in [1.165, 1.54) is 5.56 Å². The molecule has 0 fully saturated rings. The number of nitrogens with zero attached hydrogens (tertiary/aromatic N) is 2. The number of carbonyl (C=O) groups excluding carboxylic acids is 1. The first-order valence-corrected chi connectivity index (χ1v) is 7.97. The Morgan fingerprint density at radius 2 is 1.88 bits per heavy atom. The predicted octanol–water partition coefficient (Wildman–Crippen LogP) is 2.23. The quantitative estimate of drug-likeness (QED) is 0.778. The molecule has 1 aromatic heterocycles. The molecule has 0 saturated heterocycles. The molecule has 120 valence electrons. The standard InChI is InChI=1S/C19H18N4O/c20-18-16-9-5-4-6-13(16)10-17(18)22-19(24)14-11-21-23(12-14)15-7-2-1-3-8-15/h1-9,11-12,17-18H,10,20H2,(H,22,24)/t17-,18-/m0/s1. The van der Waals surface area contributed by atoms with Crippen molar-refractivity contribution in [3.05, 3.63) is 83.7 Å². The van der Waals surface area contributed by atoms with Crippen LogP contribution in [0.5, 0.6) is 0 Å². The van der Waals surface area contributed by atoms with E-state index in [0.717, 1.165) is 17.7 Å². The Bertz CT molecular complexity index is 872. The van der Waals surface area contributed by atoms with Crippen LogP contribution in [-0.2, 0) is 6.42 Å². The molecule has 0 radical (unpaired) electrons. The van der Waals surface area contributed by atoms with Crippen molar-refractivity contribution in [1.29, 1.82) is 0 Å². The van der Waals surface area contributed by atoms with E-state index in [4.69, 9.17) is 5.73 Å². The summed E-state index contributed by atoms with van der Waals surface area (Å²) >= 11 is 0. The van der Waals surface area contributed by atoms with Crippen molar-refractivity contribution in [3.63, 3.8) is 0 Å². The number of hydrogen-bond donors (Lipinski definition) is 2. The summed E-state index contributed by atoms with van der Waals surface area (Å²) in [5.74, 6) is -0.148. The monoisotopic (exact) mass is 318 g/mol. The van der Waals surface area contributed by atoms with Gasteiger partial charge in [0.1, 0.15) is 0 Å². The van der Waals surface area contributed by atoms with Gasteiger partial charge in [-0.2, -0.15) is 5.10 Å². The lowest BCUT2D eigenvalue weighted by atomic mass is 10.1. The zero-order valence-corrected chi connectivity index (χ0v) is 13.1. The molecule has 1 aliphatic rings. The maximum atomic E-state index is 12.5. The lowest BCUT2D eigenvalue weighted by molar-refractivity contribution is 0.0933. The van der Waals surface area contributed by atoms with Gasteiger partial charge in [-0.15, -0.1) is 0 Å². The van der Waals surface area contributed by atoms with Crippen molar-refractivity contribution >= 4 is 5.91 Å². The summed E-state index contributed by atoms with van der Waals surface area (Å²) in [7, 11) is 0. The van der Waals surface area contributed by atoms with Gasteiger partial charge in [-0.05, 0) is 29.7 Å². The normalized spacial score (nSPS) is 19.0. The first-order chi connectivity index (χ1) is 11.7. The average molecular weight is 318 g/mol. The number of rotatable bonds is 3. The van der Waals surface area contributed by atoms with Crippen molar-refractivity contribution < 1.29 is 4.79 Å². The van der Waals surface area contributed by atoms with E-state index in [1.807, 2.05) is 48.5 Å². The summed E-state index contributed by atoms with van der Waals surface area (Å²) in [4.78, 5) is 12.5. The molecule has 1 aliphatic carbocycles. The van der Waals surface area contributed by atoms with Crippen LogP contribution in [-0.4, -0.2) is 21.7 Å².